The number of hydrogen-bond donors (Lipinski definition) is 5. The number of aryl methyl sites for hydroxylation is 1. The minimum absolute atomic E-state index is 0.142. The molecule has 5 heterocycles. The standard InChI is InChI=1S/C46H52FN11O4/c1-27-22-35(37(47)23-34(27)28(2)52-42(60)43-55-44(56-62-43)46(3,4)5)40-36-24-38(53-41(36)51-26-50-40)30-6-8-31(9-7-30)49-18-17-48-25-29-14-19-57(20-15-29)32-10-12-33(13-11-32)58-21-16-39(59)54-45(58)61/h6-13,22-24,26,28-29,48-49H,14-21,25H2,1-5H3,(H,52,60)(H,50,51,53)(H,54,59,61)/t28-/m1/s1. The van der Waals surface area contributed by atoms with Gasteiger partial charge in [-0.1, -0.05) is 38.1 Å². The molecule has 0 aliphatic carbocycles. The number of fused-ring (bicyclic) bond motifs is 1. The third-order valence-corrected chi connectivity index (χ3v) is 11.6. The van der Waals surface area contributed by atoms with Gasteiger partial charge in [-0.25, -0.2) is 19.2 Å². The van der Waals surface area contributed by atoms with Crippen molar-refractivity contribution in [3.05, 3.63) is 102 Å². The smallest absolute Gasteiger partial charge is 0.328 e. The van der Waals surface area contributed by atoms with Crippen molar-refractivity contribution in [3.63, 3.8) is 0 Å². The maximum Gasteiger partial charge on any atom is 0.328 e. The number of carbonyl (C=O) groups excluding carboxylic acids is 3. The molecular formula is C46H52FN11O4. The number of piperidine rings is 1. The fourth-order valence-electron chi connectivity index (χ4n) is 8.03. The molecule has 0 bridgehead atoms. The van der Waals surface area contributed by atoms with E-state index in [9.17, 15) is 14.4 Å². The van der Waals surface area contributed by atoms with Crippen LogP contribution in [-0.4, -0.2) is 82.2 Å². The van der Waals surface area contributed by atoms with Crippen molar-refractivity contribution >= 4 is 45.9 Å². The summed E-state index contributed by atoms with van der Waals surface area (Å²) in [4.78, 5) is 57.1. The molecule has 5 N–H and O–H groups in total. The molecule has 62 heavy (non-hydrogen) atoms. The molecule has 2 fully saturated rings. The van der Waals surface area contributed by atoms with Gasteiger partial charge in [0.15, 0.2) is 5.82 Å². The first-order valence-corrected chi connectivity index (χ1v) is 21.1. The lowest BCUT2D eigenvalue weighted by atomic mass is 9.96. The predicted octanol–water partition coefficient (Wildman–Crippen LogP) is 7.28. The molecule has 2 aliphatic heterocycles. The van der Waals surface area contributed by atoms with Gasteiger partial charge in [-0.3, -0.25) is 19.8 Å². The van der Waals surface area contributed by atoms with Crippen molar-refractivity contribution in [3.8, 4) is 22.5 Å². The molecule has 16 heteroatoms. The number of amides is 4. The van der Waals surface area contributed by atoms with Gasteiger partial charge in [0.05, 0.1) is 11.7 Å². The van der Waals surface area contributed by atoms with Gasteiger partial charge in [0.1, 0.15) is 17.8 Å². The number of aromatic nitrogens is 5. The zero-order valence-corrected chi connectivity index (χ0v) is 35.6. The summed E-state index contributed by atoms with van der Waals surface area (Å²) in [6.45, 7) is 14.4. The molecular weight excluding hydrogens is 790 g/mol. The molecule has 2 saturated heterocycles. The Morgan fingerprint density at radius 1 is 0.968 bits per heavy atom. The van der Waals surface area contributed by atoms with E-state index < -0.39 is 17.8 Å². The van der Waals surface area contributed by atoms with Crippen molar-refractivity contribution in [1.82, 2.24) is 41.0 Å². The highest BCUT2D eigenvalue weighted by Crippen LogP contribution is 2.34. The summed E-state index contributed by atoms with van der Waals surface area (Å²) in [5.41, 5.74) is 7.17. The van der Waals surface area contributed by atoms with E-state index in [1.807, 2.05) is 70.2 Å². The summed E-state index contributed by atoms with van der Waals surface area (Å²) >= 11 is 0. The van der Waals surface area contributed by atoms with Crippen LogP contribution in [-0.2, 0) is 10.2 Å². The van der Waals surface area contributed by atoms with E-state index in [-0.39, 0.29) is 23.2 Å². The lowest BCUT2D eigenvalue weighted by molar-refractivity contribution is -0.120. The minimum atomic E-state index is -0.531. The zero-order chi connectivity index (χ0) is 43.5. The Balaban J connectivity index is 0.810. The molecule has 6 aromatic rings. The van der Waals surface area contributed by atoms with Crippen LogP contribution >= 0.6 is 0 Å². The fraction of sp³-hybridized carbons (Fsp3) is 0.370. The van der Waals surface area contributed by atoms with E-state index in [0.717, 1.165) is 79.4 Å². The molecule has 8 rings (SSSR count). The molecule has 4 amide bonds. The third kappa shape index (κ3) is 9.29. The summed E-state index contributed by atoms with van der Waals surface area (Å²) in [6.07, 6.45) is 3.94. The van der Waals surface area contributed by atoms with E-state index in [1.165, 1.54) is 12.4 Å². The zero-order valence-electron chi connectivity index (χ0n) is 35.6. The number of aromatic amines is 1. The Morgan fingerprint density at radius 2 is 1.71 bits per heavy atom. The summed E-state index contributed by atoms with van der Waals surface area (Å²) < 4.78 is 21.1. The van der Waals surface area contributed by atoms with Gasteiger partial charge in [-0.15, -0.1) is 0 Å². The molecule has 3 aromatic heterocycles. The second-order valence-corrected chi connectivity index (χ2v) is 17.1. The van der Waals surface area contributed by atoms with Crippen molar-refractivity contribution in [1.29, 1.82) is 0 Å². The van der Waals surface area contributed by atoms with Gasteiger partial charge in [0.2, 0.25) is 5.91 Å². The van der Waals surface area contributed by atoms with Crippen LogP contribution in [0.1, 0.15) is 80.6 Å². The van der Waals surface area contributed by atoms with Crippen molar-refractivity contribution in [2.24, 2.45) is 5.92 Å². The Morgan fingerprint density at radius 3 is 2.42 bits per heavy atom. The second kappa shape index (κ2) is 17.7. The van der Waals surface area contributed by atoms with Crippen LogP contribution in [0.5, 0.6) is 0 Å². The number of imide groups is 1. The molecule has 0 spiro atoms. The summed E-state index contributed by atoms with van der Waals surface area (Å²) in [5.74, 6) is -0.338. The summed E-state index contributed by atoms with van der Waals surface area (Å²) in [5, 5.41) is 17.0. The number of benzene rings is 3. The van der Waals surface area contributed by atoms with Crippen LogP contribution in [0.25, 0.3) is 33.5 Å². The molecule has 1 atom stereocenters. The Kier molecular flexibility index (Phi) is 12.0. The SMILES string of the molecule is Cc1cc(-c2ncnc3[nH]c(-c4ccc(NCCNCC5CCN(c6ccc(N7CCC(=O)NC7=O)cc6)CC5)cc4)cc23)c(F)cc1[C@@H](C)NC(=O)c1nc(C(C)(C)C)no1. The lowest BCUT2D eigenvalue weighted by Gasteiger charge is -2.34. The number of rotatable bonds is 13. The molecule has 3 aromatic carbocycles. The van der Waals surface area contributed by atoms with E-state index in [1.54, 1.807) is 17.9 Å². The topological polar surface area (TPSA) is 186 Å². The van der Waals surface area contributed by atoms with Gasteiger partial charge in [0.25, 0.3) is 0 Å². The van der Waals surface area contributed by atoms with Crippen LogP contribution in [0, 0.1) is 18.7 Å². The van der Waals surface area contributed by atoms with Gasteiger partial charge in [0, 0.05) is 78.3 Å². The second-order valence-electron chi connectivity index (χ2n) is 17.1. The highest BCUT2D eigenvalue weighted by atomic mass is 19.1. The highest BCUT2D eigenvalue weighted by Gasteiger charge is 2.27. The predicted molar refractivity (Wildman–Crippen MR) is 237 cm³/mol. The van der Waals surface area contributed by atoms with Crippen molar-refractivity contribution in [2.45, 2.75) is 65.3 Å². The summed E-state index contributed by atoms with van der Waals surface area (Å²) in [7, 11) is 0. The fourth-order valence-corrected chi connectivity index (χ4v) is 8.03. The van der Waals surface area contributed by atoms with E-state index >= 15 is 4.39 Å². The van der Waals surface area contributed by atoms with Crippen LogP contribution in [0.4, 0.5) is 26.2 Å². The molecule has 0 saturated carbocycles. The van der Waals surface area contributed by atoms with Crippen LogP contribution in [0.15, 0.2) is 77.6 Å². The number of urea groups is 1. The maximum atomic E-state index is 15.9. The first kappa shape index (κ1) is 42.0. The molecule has 15 nitrogen and oxygen atoms in total. The molecule has 2 aliphatic rings. The number of carbonyl (C=O) groups is 3. The first-order chi connectivity index (χ1) is 29.8. The maximum absolute atomic E-state index is 15.9. The van der Waals surface area contributed by atoms with Crippen LogP contribution in [0.2, 0.25) is 0 Å². The average Bonchev–Trinajstić information content (AvgIpc) is 3.94. The molecule has 0 radical (unpaired) electrons. The average molecular weight is 842 g/mol. The number of nitrogens with one attached hydrogen (secondary N) is 5. The largest absolute Gasteiger partial charge is 0.384 e. The normalized spacial score (nSPS) is 15.5. The van der Waals surface area contributed by atoms with E-state index in [2.05, 4.69) is 63.4 Å². The molecule has 322 valence electrons. The third-order valence-electron chi connectivity index (χ3n) is 11.6. The van der Waals surface area contributed by atoms with Gasteiger partial charge in [-0.2, -0.15) is 4.98 Å². The van der Waals surface area contributed by atoms with E-state index in [4.69, 9.17) is 4.52 Å². The highest BCUT2D eigenvalue weighted by molar-refractivity contribution is 6.05. The number of hydrogen-bond acceptors (Lipinski definition) is 11. The Hall–Kier alpha value is -6.68. The lowest BCUT2D eigenvalue weighted by Crippen LogP contribution is -2.49. The number of anilines is 3. The van der Waals surface area contributed by atoms with E-state index in [0.29, 0.717) is 52.6 Å². The van der Waals surface area contributed by atoms with Gasteiger partial charge in [-0.05, 0) is 110 Å². The Labute approximate surface area is 359 Å². The minimum Gasteiger partial charge on any atom is -0.384 e. The quantitative estimate of drug-likeness (QED) is 0.0737. The summed E-state index contributed by atoms with van der Waals surface area (Å²) in [6, 6.07) is 20.4. The number of halogens is 1. The van der Waals surface area contributed by atoms with Crippen LogP contribution < -0.4 is 31.1 Å². The van der Waals surface area contributed by atoms with Crippen LogP contribution in [0.3, 0.4) is 0 Å². The van der Waals surface area contributed by atoms with Gasteiger partial charge < -0.3 is 30.4 Å². The number of H-pyrrole nitrogens is 1. The van der Waals surface area contributed by atoms with Crippen molar-refractivity contribution < 1.29 is 23.3 Å². The molecule has 0 unspecified atom stereocenters. The number of nitrogens with zero attached hydrogens (tertiary/aromatic N) is 6. The first-order valence-electron chi connectivity index (χ1n) is 21.1. The van der Waals surface area contributed by atoms with Gasteiger partial charge >= 0.3 is 17.8 Å². The van der Waals surface area contributed by atoms with Crippen molar-refractivity contribution in [2.75, 3.05) is 54.4 Å². The Bertz CT molecular complexity index is 2570. The monoisotopic (exact) mass is 841 g/mol.